The van der Waals surface area contributed by atoms with Crippen LogP contribution < -0.4 is 5.32 Å². The second-order valence-electron chi connectivity index (χ2n) is 5.00. The maximum absolute atomic E-state index is 4.45. The molecule has 2 heterocycles. The zero-order valence-electron chi connectivity index (χ0n) is 11.3. The van der Waals surface area contributed by atoms with E-state index in [9.17, 15) is 0 Å². The Morgan fingerprint density at radius 1 is 1.32 bits per heavy atom. The van der Waals surface area contributed by atoms with E-state index in [-0.39, 0.29) is 0 Å². The van der Waals surface area contributed by atoms with Gasteiger partial charge in [0.25, 0.3) is 0 Å². The molecule has 1 aromatic carbocycles. The number of rotatable bonds is 5. The zero-order valence-corrected chi connectivity index (χ0v) is 11.3. The highest BCUT2D eigenvalue weighted by molar-refractivity contribution is 5.30. The Balaban J connectivity index is 1.70. The van der Waals surface area contributed by atoms with Gasteiger partial charge in [0.05, 0.1) is 11.9 Å². The van der Waals surface area contributed by atoms with E-state index in [0.29, 0.717) is 6.04 Å². The van der Waals surface area contributed by atoms with E-state index in [2.05, 4.69) is 40.6 Å². The molecule has 19 heavy (non-hydrogen) atoms. The second-order valence-corrected chi connectivity index (χ2v) is 5.00. The van der Waals surface area contributed by atoms with Gasteiger partial charge in [-0.05, 0) is 18.7 Å². The molecule has 0 amide bonds. The maximum atomic E-state index is 4.45. The molecule has 4 nitrogen and oxygen atoms in total. The van der Waals surface area contributed by atoms with Crippen LogP contribution in [0.15, 0.2) is 42.7 Å². The molecule has 1 aliphatic heterocycles. The standard InChI is InChI=1S/C15H20N4/c1-2-18(15-9-16-10-15)11-13-8-17-19(12-13)14-6-4-3-5-7-14/h3-8,12,15-16H,2,9-11H2,1H3. The molecule has 0 saturated carbocycles. The summed E-state index contributed by atoms with van der Waals surface area (Å²) >= 11 is 0. The highest BCUT2D eigenvalue weighted by Crippen LogP contribution is 2.12. The van der Waals surface area contributed by atoms with Crippen LogP contribution in [-0.4, -0.2) is 40.4 Å². The average Bonchev–Trinajstić information content (AvgIpc) is 2.85. The Morgan fingerprint density at radius 3 is 2.74 bits per heavy atom. The molecule has 0 spiro atoms. The number of nitrogens with one attached hydrogen (secondary N) is 1. The van der Waals surface area contributed by atoms with Crippen LogP contribution in [0.5, 0.6) is 0 Å². The average molecular weight is 256 g/mol. The Kier molecular flexibility index (Phi) is 3.62. The summed E-state index contributed by atoms with van der Waals surface area (Å²) in [4.78, 5) is 2.50. The molecule has 1 N–H and O–H groups in total. The summed E-state index contributed by atoms with van der Waals surface area (Å²) in [5.74, 6) is 0. The SMILES string of the molecule is CCN(Cc1cnn(-c2ccccc2)c1)C1CNC1. The van der Waals surface area contributed by atoms with Gasteiger partial charge in [-0.2, -0.15) is 5.10 Å². The normalized spacial score (nSPS) is 15.7. The fraction of sp³-hybridized carbons (Fsp3) is 0.400. The van der Waals surface area contributed by atoms with E-state index in [0.717, 1.165) is 31.9 Å². The summed E-state index contributed by atoms with van der Waals surface area (Å²) in [6.45, 7) is 6.51. The van der Waals surface area contributed by atoms with Crippen molar-refractivity contribution < 1.29 is 0 Å². The highest BCUT2D eigenvalue weighted by atomic mass is 15.3. The van der Waals surface area contributed by atoms with Gasteiger partial charge in [-0.3, -0.25) is 4.90 Å². The van der Waals surface area contributed by atoms with E-state index < -0.39 is 0 Å². The first kappa shape index (κ1) is 12.4. The molecule has 1 aromatic heterocycles. The maximum Gasteiger partial charge on any atom is 0.0645 e. The number of hydrogen-bond donors (Lipinski definition) is 1. The largest absolute Gasteiger partial charge is 0.314 e. The topological polar surface area (TPSA) is 33.1 Å². The van der Waals surface area contributed by atoms with Crippen LogP contribution >= 0.6 is 0 Å². The fourth-order valence-corrected chi connectivity index (χ4v) is 2.43. The van der Waals surface area contributed by atoms with E-state index in [1.165, 1.54) is 5.56 Å². The summed E-state index contributed by atoms with van der Waals surface area (Å²) < 4.78 is 1.95. The first-order chi connectivity index (χ1) is 9.36. The molecule has 0 aliphatic carbocycles. The Bertz CT molecular complexity index is 516. The quantitative estimate of drug-likeness (QED) is 0.883. The molecule has 0 bridgehead atoms. The van der Waals surface area contributed by atoms with E-state index in [1.54, 1.807) is 0 Å². The zero-order chi connectivity index (χ0) is 13.1. The predicted molar refractivity (Wildman–Crippen MR) is 76.3 cm³/mol. The molecule has 3 rings (SSSR count). The van der Waals surface area contributed by atoms with Crippen molar-refractivity contribution in [3.63, 3.8) is 0 Å². The summed E-state index contributed by atoms with van der Waals surface area (Å²) in [5.41, 5.74) is 2.39. The first-order valence-electron chi connectivity index (χ1n) is 6.90. The number of nitrogens with zero attached hydrogens (tertiary/aromatic N) is 3. The summed E-state index contributed by atoms with van der Waals surface area (Å²) in [5, 5.41) is 7.78. The summed E-state index contributed by atoms with van der Waals surface area (Å²) in [7, 11) is 0. The molecule has 0 radical (unpaired) electrons. The molecule has 2 aromatic rings. The van der Waals surface area contributed by atoms with Crippen LogP contribution in [0.3, 0.4) is 0 Å². The number of likely N-dealkylation sites (N-methyl/N-ethyl adjacent to an activating group) is 1. The van der Waals surface area contributed by atoms with Gasteiger partial charge in [0, 0.05) is 37.4 Å². The van der Waals surface area contributed by atoms with Crippen LogP contribution in [0.2, 0.25) is 0 Å². The molecule has 1 aliphatic rings. The Morgan fingerprint density at radius 2 is 2.11 bits per heavy atom. The van der Waals surface area contributed by atoms with Gasteiger partial charge in [0.2, 0.25) is 0 Å². The van der Waals surface area contributed by atoms with Crippen molar-refractivity contribution in [1.82, 2.24) is 20.0 Å². The minimum atomic E-state index is 0.685. The van der Waals surface area contributed by atoms with Crippen LogP contribution in [0.1, 0.15) is 12.5 Å². The second kappa shape index (κ2) is 5.55. The number of benzene rings is 1. The lowest BCUT2D eigenvalue weighted by Crippen LogP contribution is -2.56. The lowest BCUT2D eigenvalue weighted by molar-refractivity contribution is 0.145. The lowest BCUT2D eigenvalue weighted by Gasteiger charge is -2.37. The van der Waals surface area contributed by atoms with Crippen molar-refractivity contribution in [1.29, 1.82) is 0 Å². The van der Waals surface area contributed by atoms with Crippen LogP contribution in [0, 0.1) is 0 Å². The van der Waals surface area contributed by atoms with Crippen molar-refractivity contribution in [2.75, 3.05) is 19.6 Å². The Hall–Kier alpha value is -1.65. The van der Waals surface area contributed by atoms with Crippen LogP contribution in [0.25, 0.3) is 5.69 Å². The highest BCUT2D eigenvalue weighted by Gasteiger charge is 2.23. The smallest absolute Gasteiger partial charge is 0.0645 e. The third-order valence-corrected chi connectivity index (χ3v) is 3.72. The first-order valence-corrected chi connectivity index (χ1v) is 6.90. The molecule has 1 saturated heterocycles. The van der Waals surface area contributed by atoms with Gasteiger partial charge >= 0.3 is 0 Å². The van der Waals surface area contributed by atoms with Gasteiger partial charge in [0.1, 0.15) is 0 Å². The van der Waals surface area contributed by atoms with Gasteiger partial charge in [-0.15, -0.1) is 0 Å². The molecule has 4 heteroatoms. The minimum Gasteiger partial charge on any atom is -0.314 e. The molecule has 100 valence electrons. The van der Waals surface area contributed by atoms with Crippen molar-refractivity contribution in [3.8, 4) is 5.69 Å². The van der Waals surface area contributed by atoms with Crippen LogP contribution in [-0.2, 0) is 6.54 Å². The number of hydrogen-bond acceptors (Lipinski definition) is 3. The van der Waals surface area contributed by atoms with Gasteiger partial charge in [0.15, 0.2) is 0 Å². The molecule has 0 unspecified atom stereocenters. The summed E-state index contributed by atoms with van der Waals surface area (Å²) in [6, 6.07) is 10.9. The molecular formula is C15H20N4. The van der Waals surface area contributed by atoms with Gasteiger partial charge in [-0.25, -0.2) is 4.68 Å². The van der Waals surface area contributed by atoms with Crippen molar-refractivity contribution in [3.05, 3.63) is 48.3 Å². The summed E-state index contributed by atoms with van der Waals surface area (Å²) in [6.07, 6.45) is 4.10. The van der Waals surface area contributed by atoms with Gasteiger partial charge in [-0.1, -0.05) is 25.1 Å². The monoisotopic (exact) mass is 256 g/mol. The Labute approximate surface area is 114 Å². The van der Waals surface area contributed by atoms with E-state index >= 15 is 0 Å². The fourth-order valence-electron chi connectivity index (χ4n) is 2.43. The molecule has 0 atom stereocenters. The van der Waals surface area contributed by atoms with Gasteiger partial charge < -0.3 is 5.32 Å². The van der Waals surface area contributed by atoms with E-state index in [4.69, 9.17) is 0 Å². The number of aromatic nitrogens is 2. The van der Waals surface area contributed by atoms with E-state index in [1.807, 2.05) is 29.1 Å². The molecule has 1 fully saturated rings. The van der Waals surface area contributed by atoms with Crippen molar-refractivity contribution >= 4 is 0 Å². The molecular weight excluding hydrogens is 236 g/mol. The van der Waals surface area contributed by atoms with Crippen LogP contribution in [0.4, 0.5) is 0 Å². The number of para-hydroxylation sites is 1. The third-order valence-electron chi connectivity index (χ3n) is 3.72. The lowest BCUT2D eigenvalue weighted by atomic mass is 10.1. The minimum absolute atomic E-state index is 0.685. The predicted octanol–water partition coefficient (Wildman–Crippen LogP) is 1.67. The van der Waals surface area contributed by atoms with Crippen molar-refractivity contribution in [2.24, 2.45) is 0 Å². The van der Waals surface area contributed by atoms with Crippen molar-refractivity contribution in [2.45, 2.75) is 19.5 Å². The third kappa shape index (κ3) is 2.69.